The maximum atomic E-state index is 5.41. The first kappa shape index (κ1) is 13.1. The third-order valence-corrected chi connectivity index (χ3v) is 3.92. The van der Waals surface area contributed by atoms with E-state index in [1.54, 1.807) is 0 Å². The minimum Gasteiger partial charge on any atom is -0.357 e. The van der Waals surface area contributed by atoms with Crippen molar-refractivity contribution in [2.24, 2.45) is 17.7 Å². The zero-order valence-electron chi connectivity index (χ0n) is 11.4. The Kier molecular flexibility index (Phi) is 4.42. The van der Waals surface area contributed by atoms with Crippen molar-refractivity contribution in [2.75, 3.05) is 23.4 Å². The van der Waals surface area contributed by atoms with Crippen LogP contribution in [0.25, 0.3) is 0 Å². The number of hydrogen-bond acceptors (Lipinski definition) is 4. The topological polar surface area (TPSA) is 54.2 Å². The molecule has 0 bridgehead atoms. The Hall–Kier alpha value is -1.29. The van der Waals surface area contributed by atoms with Crippen molar-refractivity contribution in [1.29, 1.82) is 0 Å². The van der Waals surface area contributed by atoms with Crippen molar-refractivity contribution < 1.29 is 0 Å². The Balaban J connectivity index is 2.04. The van der Waals surface area contributed by atoms with Crippen LogP contribution in [-0.2, 0) is 0 Å². The number of aromatic nitrogens is 1. The third-order valence-electron chi connectivity index (χ3n) is 3.92. The smallest absolute Gasteiger partial charge is 0.142 e. The van der Waals surface area contributed by atoms with E-state index < -0.39 is 0 Å². The van der Waals surface area contributed by atoms with Gasteiger partial charge in [0, 0.05) is 13.1 Å². The van der Waals surface area contributed by atoms with Crippen LogP contribution in [0.3, 0.4) is 0 Å². The second-order valence-corrected chi connectivity index (χ2v) is 5.45. The van der Waals surface area contributed by atoms with E-state index in [1.807, 2.05) is 12.1 Å². The fourth-order valence-corrected chi connectivity index (χ4v) is 2.70. The average Bonchev–Trinajstić information content (AvgIpc) is 2.64. The van der Waals surface area contributed by atoms with Crippen molar-refractivity contribution in [2.45, 2.75) is 33.1 Å². The van der Waals surface area contributed by atoms with E-state index in [0.29, 0.717) is 0 Å². The van der Waals surface area contributed by atoms with Crippen LogP contribution in [0.5, 0.6) is 0 Å². The normalized spacial score (nSPS) is 20.9. The van der Waals surface area contributed by atoms with Gasteiger partial charge in [-0.1, -0.05) is 19.9 Å². The van der Waals surface area contributed by atoms with Gasteiger partial charge in [-0.3, -0.25) is 0 Å². The highest BCUT2D eigenvalue weighted by molar-refractivity contribution is 5.46. The lowest BCUT2D eigenvalue weighted by atomic mass is 9.89. The number of nitrogens with zero attached hydrogens (tertiary/aromatic N) is 2. The number of nitrogen functional groups attached to an aromatic ring is 1. The first-order valence-corrected chi connectivity index (χ1v) is 6.89. The lowest BCUT2D eigenvalue weighted by Gasteiger charge is -2.22. The molecule has 1 aromatic heterocycles. The fraction of sp³-hybridized carbons (Fsp3) is 0.643. The highest BCUT2D eigenvalue weighted by Crippen LogP contribution is 2.26. The molecule has 2 rings (SSSR count). The molecule has 0 radical (unpaired) electrons. The van der Waals surface area contributed by atoms with E-state index in [1.165, 1.54) is 19.3 Å². The molecule has 0 saturated carbocycles. The number of anilines is 2. The van der Waals surface area contributed by atoms with Crippen molar-refractivity contribution >= 4 is 11.6 Å². The van der Waals surface area contributed by atoms with Crippen LogP contribution in [-0.4, -0.2) is 18.1 Å². The molecular weight excluding hydrogens is 224 g/mol. The molecule has 2 heterocycles. The number of nitrogens with one attached hydrogen (secondary N) is 1. The van der Waals surface area contributed by atoms with Crippen LogP contribution in [0.4, 0.5) is 11.6 Å². The van der Waals surface area contributed by atoms with E-state index in [0.717, 1.165) is 36.6 Å². The van der Waals surface area contributed by atoms with Crippen LogP contribution in [0.1, 0.15) is 33.1 Å². The van der Waals surface area contributed by atoms with Gasteiger partial charge in [0.1, 0.15) is 11.6 Å². The highest BCUT2D eigenvalue weighted by Gasteiger charge is 2.20. The van der Waals surface area contributed by atoms with Crippen molar-refractivity contribution in [3.63, 3.8) is 0 Å². The molecule has 1 fully saturated rings. The Morgan fingerprint density at radius 1 is 1.33 bits per heavy atom. The Morgan fingerprint density at radius 2 is 2.17 bits per heavy atom. The predicted molar refractivity (Wildman–Crippen MR) is 76.4 cm³/mol. The fourth-order valence-electron chi connectivity index (χ4n) is 2.70. The number of pyridine rings is 1. The molecule has 18 heavy (non-hydrogen) atoms. The van der Waals surface area contributed by atoms with Crippen LogP contribution in [0, 0.1) is 11.8 Å². The van der Waals surface area contributed by atoms with Gasteiger partial charge in [-0.05, 0) is 43.2 Å². The van der Waals surface area contributed by atoms with Gasteiger partial charge in [-0.15, -0.1) is 0 Å². The first-order chi connectivity index (χ1) is 8.70. The molecule has 0 spiro atoms. The van der Waals surface area contributed by atoms with Gasteiger partial charge >= 0.3 is 0 Å². The summed E-state index contributed by atoms with van der Waals surface area (Å²) < 4.78 is 0. The Morgan fingerprint density at radius 3 is 2.89 bits per heavy atom. The summed E-state index contributed by atoms with van der Waals surface area (Å²) in [5, 5.41) is 0. The summed E-state index contributed by atoms with van der Waals surface area (Å²) in [5.41, 5.74) is 2.61. The Labute approximate surface area is 110 Å². The molecule has 1 aliphatic rings. The molecule has 1 saturated heterocycles. The SMILES string of the molecule is CC(C)C1CCCN(c2cccc(NN)n2)CC1. The standard InChI is InChI=1S/C14H24N4/c1-11(2)12-5-4-9-18(10-8-12)14-7-3-6-13(16-14)17-15/h3,6-7,11-12H,4-5,8-10,15H2,1-2H3,(H,16,17). The maximum absolute atomic E-state index is 5.41. The lowest BCUT2D eigenvalue weighted by Crippen LogP contribution is -2.26. The Bertz CT molecular complexity index is 378. The van der Waals surface area contributed by atoms with Crippen LogP contribution >= 0.6 is 0 Å². The first-order valence-electron chi connectivity index (χ1n) is 6.89. The summed E-state index contributed by atoms with van der Waals surface area (Å²) in [6, 6.07) is 5.96. The summed E-state index contributed by atoms with van der Waals surface area (Å²) in [6.07, 6.45) is 3.85. The highest BCUT2D eigenvalue weighted by atomic mass is 15.3. The summed E-state index contributed by atoms with van der Waals surface area (Å²) in [5.74, 6) is 8.82. The van der Waals surface area contributed by atoms with E-state index >= 15 is 0 Å². The molecule has 0 amide bonds. The zero-order chi connectivity index (χ0) is 13.0. The van der Waals surface area contributed by atoms with Crippen LogP contribution in [0.15, 0.2) is 18.2 Å². The molecule has 4 nitrogen and oxygen atoms in total. The van der Waals surface area contributed by atoms with Crippen molar-refractivity contribution in [3.8, 4) is 0 Å². The van der Waals surface area contributed by atoms with Crippen molar-refractivity contribution in [1.82, 2.24) is 4.98 Å². The van der Waals surface area contributed by atoms with Gasteiger partial charge < -0.3 is 10.3 Å². The monoisotopic (exact) mass is 248 g/mol. The quantitative estimate of drug-likeness (QED) is 0.638. The molecule has 0 aliphatic carbocycles. The molecular formula is C14H24N4. The van der Waals surface area contributed by atoms with Gasteiger partial charge in [0.15, 0.2) is 0 Å². The molecule has 1 atom stereocenters. The molecule has 4 heteroatoms. The number of hydrogen-bond donors (Lipinski definition) is 2. The molecule has 1 aliphatic heterocycles. The predicted octanol–water partition coefficient (Wildman–Crippen LogP) is 2.63. The maximum Gasteiger partial charge on any atom is 0.142 e. The minimum atomic E-state index is 0.733. The lowest BCUT2D eigenvalue weighted by molar-refractivity contribution is 0.351. The zero-order valence-corrected chi connectivity index (χ0v) is 11.4. The second kappa shape index (κ2) is 6.05. The number of nitrogens with two attached hydrogens (primary N) is 1. The number of rotatable bonds is 3. The third kappa shape index (κ3) is 3.13. The second-order valence-electron chi connectivity index (χ2n) is 5.45. The van der Waals surface area contributed by atoms with E-state index in [9.17, 15) is 0 Å². The van der Waals surface area contributed by atoms with Crippen molar-refractivity contribution in [3.05, 3.63) is 18.2 Å². The van der Waals surface area contributed by atoms with Gasteiger partial charge in [0.05, 0.1) is 0 Å². The average molecular weight is 248 g/mol. The summed E-state index contributed by atoms with van der Waals surface area (Å²) in [6.45, 7) is 6.86. The van der Waals surface area contributed by atoms with Gasteiger partial charge in [-0.25, -0.2) is 10.8 Å². The molecule has 3 N–H and O–H groups in total. The summed E-state index contributed by atoms with van der Waals surface area (Å²) in [4.78, 5) is 6.89. The van der Waals surface area contributed by atoms with Gasteiger partial charge in [0.2, 0.25) is 0 Å². The molecule has 100 valence electrons. The molecule has 0 aromatic carbocycles. The van der Waals surface area contributed by atoms with Gasteiger partial charge in [0.25, 0.3) is 0 Å². The summed E-state index contributed by atoms with van der Waals surface area (Å²) >= 11 is 0. The minimum absolute atomic E-state index is 0.733. The van der Waals surface area contributed by atoms with Crippen LogP contribution in [0.2, 0.25) is 0 Å². The molecule has 1 aromatic rings. The van der Waals surface area contributed by atoms with E-state index in [4.69, 9.17) is 5.84 Å². The largest absolute Gasteiger partial charge is 0.357 e. The van der Waals surface area contributed by atoms with Crippen LogP contribution < -0.4 is 16.2 Å². The van der Waals surface area contributed by atoms with Gasteiger partial charge in [-0.2, -0.15) is 0 Å². The molecule has 1 unspecified atom stereocenters. The van der Waals surface area contributed by atoms with E-state index in [2.05, 4.69) is 35.2 Å². The van der Waals surface area contributed by atoms with E-state index in [-0.39, 0.29) is 0 Å². The summed E-state index contributed by atoms with van der Waals surface area (Å²) in [7, 11) is 0. The number of hydrazine groups is 1.